The van der Waals surface area contributed by atoms with Crippen molar-refractivity contribution < 1.29 is 16.0 Å². The van der Waals surface area contributed by atoms with Gasteiger partial charge in [0.05, 0.1) is 51.4 Å². The molecule has 0 aliphatic carbocycles. The van der Waals surface area contributed by atoms with Crippen molar-refractivity contribution in [3.05, 3.63) is 46.4 Å². The van der Waals surface area contributed by atoms with Gasteiger partial charge in [-0.05, 0) is 34.7 Å². The van der Waals surface area contributed by atoms with E-state index in [-0.39, 0.29) is 12.4 Å². The first-order valence-electron chi connectivity index (χ1n) is 7.31. The van der Waals surface area contributed by atoms with Crippen molar-refractivity contribution >= 4 is 99.3 Å². The van der Waals surface area contributed by atoms with Crippen LogP contribution in [0, 0.1) is 3.57 Å². The Morgan fingerprint density at radius 2 is 1.22 bits per heavy atom. The number of aromatic nitrogens is 9. The van der Waals surface area contributed by atoms with E-state index in [2.05, 4.69) is 128 Å². The van der Waals surface area contributed by atoms with Crippen LogP contribution < -0.4 is 14.2 Å². The van der Waals surface area contributed by atoms with E-state index in [4.69, 9.17) is 0 Å². The van der Waals surface area contributed by atoms with Crippen molar-refractivity contribution in [1.82, 2.24) is 46.2 Å². The Kier molecular flexibility index (Phi) is 9.74. The van der Waals surface area contributed by atoms with E-state index >= 15 is 0 Å². The summed E-state index contributed by atoms with van der Waals surface area (Å²) in [6, 6.07) is 8.28. The average Bonchev–Trinajstić information content (AvgIpc) is 3.41. The fourth-order valence-electron chi connectivity index (χ4n) is 2.34. The second kappa shape index (κ2) is 11.5. The third kappa shape index (κ3) is 6.26. The van der Waals surface area contributed by atoms with Gasteiger partial charge in [-0.1, -0.05) is 12.1 Å². The van der Waals surface area contributed by atoms with Crippen LogP contribution in [-0.4, -0.2) is 46.2 Å². The first-order valence-corrected chi connectivity index (χ1v) is 14.8. The van der Waals surface area contributed by atoms with E-state index in [0.717, 1.165) is 12.9 Å². The number of halogens is 4. The summed E-state index contributed by atoms with van der Waals surface area (Å²) in [4.78, 5) is 0. The molecule has 3 heterocycles. The van der Waals surface area contributed by atoms with E-state index in [1.165, 1.54) is 9.26 Å². The molecule has 139 valence electrons. The van der Waals surface area contributed by atoms with Crippen LogP contribution in [0.25, 0.3) is 0 Å². The van der Waals surface area contributed by atoms with Gasteiger partial charge in [0.1, 0.15) is 0 Å². The molecule has 0 saturated carbocycles. The van der Waals surface area contributed by atoms with Crippen LogP contribution in [0.15, 0.2) is 42.9 Å². The van der Waals surface area contributed by atoms with Crippen LogP contribution in [-0.2, 0) is 16.0 Å². The number of aromatic amines is 3. The van der Waals surface area contributed by atoms with Gasteiger partial charge in [-0.3, -0.25) is 1.33 Å². The van der Waals surface area contributed by atoms with Gasteiger partial charge in [-0.15, -0.1) is 12.4 Å². The molecule has 0 fully saturated rings. The molecule has 0 atom stereocenters. The maximum absolute atomic E-state index is 4.05. The van der Waals surface area contributed by atoms with Gasteiger partial charge < -0.3 is 0 Å². The normalized spacial score (nSPS) is 9.74. The van der Waals surface area contributed by atoms with Crippen molar-refractivity contribution in [3.63, 3.8) is 0 Å². The predicted octanol–water partition coefficient (Wildman–Crippen LogP) is 1.15. The maximum atomic E-state index is 4.05. The molecule has 0 spiro atoms. The summed E-state index contributed by atoms with van der Waals surface area (Å²) in [6.45, 7) is 0. The monoisotopic (exact) mass is 775 g/mol. The summed E-state index contributed by atoms with van der Waals surface area (Å²) in [5, 5.41) is 31.5. The molecule has 1 aromatic carbocycles. The number of rotatable bonds is 4. The Hall–Kier alpha value is -0.457. The van der Waals surface area contributed by atoms with Crippen LogP contribution in [0.4, 0.5) is 5.69 Å². The van der Waals surface area contributed by atoms with Gasteiger partial charge in [-0.25, -0.2) is 0 Å². The molecule has 0 aliphatic heterocycles. The fourth-order valence-corrected chi connectivity index (χ4v) is 10.3. The SMILES string of the molecule is Cl.Ic1ccccc1N(I)I.c1[nH]nn[c]1[Zn]([c]1c[nH]nn1)[c]1c[nH]nn1. The first kappa shape index (κ1) is 22.8. The minimum absolute atomic E-state index is 0. The average molecular weight is 777 g/mol. The van der Waals surface area contributed by atoms with Crippen LogP contribution in [0.3, 0.4) is 0 Å². The van der Waals surface area contributed by atoms with Crippen molar-refractivity contribution in [1.29, 1.82) is 0 Å². The van der Waals surface area contributed by atoms with Gasteiger partial charge in [0.2, 0.25) is 0 Å². The van der Waals surface area contributed by atoms with Crippen molar-refractivity contribution in [2.45, 2.75) is 0 Å². The standard InChI is InChI=1S/C6H4I3N.3C2H2N3.ClH.Zn/c7-5-3-1-2-4-6(5)10(8)9;3*1-2-4-5-3-1;;/h1-4H;3*1H,(H,3,4,5);1H;. The molecular formula is C12H11ClI3N10Zn. The van der Waals surface area contributed by atoms with Gasteiger partial charge in [-0.2, -0.15) is 0 Å². The molecule has 0 saturated heterocycles. The van der Waals surface area contributed by atoms with E-state index < -0.39 is 16.0 Å². The molecule has 3 N–H and O–H groups in total. The molecule has 0 bridgehead atoms. The van der Waals surface area contributed by atoms with E-state index in [1.807, 2.05) is 12.1 Å². The van der Waals surface area contributed by atoms with Crippen molar-refractivity contribution in [2.75, 3.05) is 1.33 Å². The zero-order chi connectivity index (χ0) is 18.4. The number of nitrogens with one attached hydrogen (secondary N) is 3. The summed E-state index contributed by atoms with van der Waals surface area (Å²) >= 11 is 4.27. The molecule has 3 aromatic heterocycles. The Balaban J connectivity index is 0.000000208. The summed E-state index contributed by atoms with van der Waals surface area (Å²) in [5.74, 6) is 0. The molecular weight excluding hydrogens is 766 g/mol. The van der Waals surface area contributed by atoms with Gasteiger partial charge in [0.25, 0.3) is 0 Å². The Morgan fingerprint density at radius 3 is 1.52 bits per heavy atom. The molecule has 10 nitrogen and oxygen atoms in total. The number of hydrogen-bond acceptors (Lipinski definition) is 7. The molecule has 0 radical (unpaired) electrons. The summed E-state index contributed by atoms with van der Waals surface area (Å²) in [7, 11) is 0. The van der Waals surface area contributed by atoms with Gasteiger partial charge >= 0.3 is 93.6 Å². The third-order valence-electron chi connectivity index (χ3n) is 3.52. The second-order valence-corrected chi connectivity index (χ2v) is 16.8. The van der Waals surface area contributed by atoms with E-state index in [0.29, 0.717) is 0 Å². The van der Waals surface area contributed by atoms with Gasteiger partial charge in [0.15, 0.2) is 0 Å². The van der Waals surface area contributed by atoms with E-state index in [1.54, 1.807) is 18.6 Å². The summed E-state index contributed by atoms with van der Waals surface area (Å²) in [6.07, 6.45) is 5.34. The Morgan fingerprint density at radius 1 is 0.778 bits per heavy atom. The molecule has 0 aliphatic rings. The zero-order valence-electron chi connectivity index (χ0n) is 13.4. The van der Waals surface area contributed by atoms with Crippen LogP contribution >= 0.6 is 80.7 Å². The number of anilines is 1. The molecule has 15 heteroatoms. The molecule has 27 heavy (non-hydrogen) atoms. The molecule has 0 unspecified atom stereocenters. The van der Waals surface area contributed by atoms with Crippen molar-refractivity contribution in [2.24, 2.45) is 0 Å². The zero-order valence-corrected chi connectivity index (χ0v) is 23.7. The van der Waals surface area contributed by atoms with Crippen LogP contribution in [0.1, 0.15) is 0 Å². The number of para-hydroxylation sites is 1. The molecule has 4 rings (SSSR count). The first-order chi connectivity index (χ1) is 12.7. The third-order valence-corrected chi connectivity index (χ3v) is 12.2. The van der Waals surface area contributed by atoms with E-state index in [9.17, 15) is 0 Å². The van der Waals surface area contributed by atoms with Crippen molar-refractivity contribution in [3.8, 4) is 0 Å². The van der Waals surface area contributed by atoms with Crippen LogP contribution in [0.2, 0.25) is 0 Å². The fraction of sp³-hybridized carbons (Fsp3) is 0. The number of hydrogen-bond donors (Lipinski definition) is 3. The summed E-state index contributed by atoms with van der Waals surface area (Å²) in [5.41, 5.74) is 1.25. The summed E-state index contributed by atoms with van der Waals surface area (Å²) < 4.78 is 6.09. The number of H-pyrrole nitrogens is 3. The topological polar surface area (TPSA) is 128 Å². The molecule has 4 aromatic rings. The second-order valence-electron chi connectivity index (χ2n) is 5.11. The predicted molar refractivity (Wildman–Crippen MR) is 125 cm³/mol. The Labute approximate surface area is 206 Å². The minimum atomic E-state index is -2.55. The number of nitrogens with zero attached hydrogens (tertiary/aromatic N) is 7. The quantitative estimate of drug-likeness (QED) is 0.161. The molecule has 0 amide bonds. The van der Waals surface area contributed by atoms with Crippen LogP contribution in [0.5, 0.6) is 0 Å². The van der Waals surface area contributed by atoms with Gasteiger partial charge in [0, 0.05) is 3.57 Å². The number of benzene rings is 1. The Bertz CT molecular complexity index is 822.